The van der Waals surface area contributed by atoms with Gasteiger partial charge in [-0.25, -0.2) is 4.39 Å². The molecule has 2 aromatic rings. The van der Waals surface area contributed by atoms with Gasteiger partial charge in [0.15, 0.2) is 6.29 Å². The molecule has 0 unspecified atom stereocenters. The van der Waals surface area contributed by atoms with E-state index in [1.54, 1.807) is 31.2 Å². The molecule has 2 rings (SSSR count). The standard InChI is InChI=1S/C14H11FO2/c1-9-3-2-4-12(14(9)15)10-5-6-13(17)11(7-10)8-16/h2-8,17H,1H3. The molecule has 0 bridgehead atoms. The van der Waals surface area contributed by atoms with Crippen molar-refractivity contribution in [3.8, 4) is 16.9 Å². The minimum atomic E-state index is -0.310. The van der Waals surface area contributed by atoms with E-state index < -0.39 is 0 Å². The molecule has 0 saturated heterocycles. The van der Waals surface area contributed by atoms with Gasteiger partial charge in [0.05, 0.1) is 5.56 Å². The van der Waals surface area contributed by atoms with Crippen LogP contribution in [0.4, 0.5) is 4.39 Å². The number of aryl methyl sites for hydroxylation is 1. The Morgan fingerprint density at radius 3 is 2.71 bits per heavy atom. The molecule has 0 radical (unpaired) electrons. The van der Waals surface area contributed by atoms with Crippen molar-refractivity contribution in [3.63, 3.8) is 0 Å². The van der Waals surface area contributed by atoms with E-state index in [0.29, 0.717) is 23.0 Å². The zero-order valence-electron chi connectivity index (χ0n) is 9.27. The van der Waals surface area contributed by atoms with Crippen LogP contribution in [0.25, 0.3) is 11.1 Å². The van der Waals surface area contributed by atoms with Crippen LogP contribution in [0.1, 0.15) is 15.9 Å². The number of carbonyl (C=O) groups is 1. The number of aldehydes is 1. The molecule has 1 N–H and O–H groups in total. The van der Waals surface area contributed by atoms with E-state index in [9.17, 15) is 14.3 Å². The summed E-state index contributed by atoms with van der Waals surface area (Å²) < 4.78 is 13.9. The summed E-state index contributed by atoms with van der Waals surface area (Å²) in [6.07, 6.45) is 0.548. The summed E-state index contributed by atoms with van der Waals surface area (Å²) in [6.45, 7) is 1.68. The lowest BCUT2D eigenvalue weighted by molar-refractivity contribution is 0.112. The van der Waals surface area contributed by atoms with Crippen molar-refractivity contribution in [2.24, 2.45) is 0 Å². The number of phenolic OH excluding ortho intramolecular Hbond substituents is 1. The van der Waals surface area contributed by atoms with Crippen LogP contribution >= 0.6 is 0 Å². The van der Waals surface area contributed by atoms with E-state index in [4.69, 9.17) is 0 Å². The molecule has 0 aromatic heterocycles. The largest absolute Gasteiger partial charge is 0.507 e. The molecule has 17 heavy (non-hydrogen) atoms. The Labute approximate surface area is 98.3 Å². The molecule has 0 spiro atoms. The fraction of sp³-hybridized carbons (Fsp3) is 0.0714. The molecule has 0 amide bonds. The van der Waals surface area contributed by atoms with Gasteiger partial charge in [-0.2, -0.15) is 0 Å². The smallest absolute Gasteiger partial charge is 0.153 e. The Bertz CT molecular complexity index is 576. The Balaban J connectivity index is 2.61. The predicted octanol–water partition coefficient (Wildman–Crippen LogP) is 3.32. The fourth-order valence-electron chi connectivity index (χ4n) is 1.69. The van der Waals surface area contributed by atoms with Gasteiger partial charge < -0.3 is 5.11 Å². The van der Waals surface area contributed by atoms with E-state index in [-0.39, 0.29) is 17.1 Å². The van der Waals surface area contributed by atoms with Gasteiger partial charge in [0.25, 0.3) is 0 Å². The van der Waals surface area contributed by atoms with Crippen LogP contribution in [0.2, 0.25) is 0 Å². The SMILES string of the molecule is Cc1cccc(-c2ccc(O)c(C=O)c2)c1F. The van der Waals surface area contributed by atoms with Crippen LogP contribution in [0.5, 0.6) is 5.75 Å². The minimum Gasteiger partial charge on any atom is -0.507 e. The van der Waals surface area contributed by atoms with Crippen LogP contribution in [-0.2, 0) is 0 Å². The lowest BCUT2D eigenvalue weighted by Gasteiger charge is -2.07. The molecule has 0 fully saturated rings. The first kappa shape index (κ1) is 11.3. The zero-order chi connectivity index (χ0) is 12.4. The highest BCUT2D eigenvalue weighted by Gasteiger charge is 2.09. The maximum absolute atomic E-state index is 13.9. The van der Waals surface area contributed by atoms with Crippen molar-refractivity contribution >= 4 is 6.29 Å². The molecular weight excluding hydrogens is 219 g/mol. The van der Waals surface area contributed by atoms with Crippen LogP contribution in [0.3, 0.4) is 0 Å². The number of rotatable bonds is 2. The highest BCUT2D eigenvalue weighted by atomic mass is 19.1. The van der Waals surface area contributed by atoms with Crippen LogP contribution in [0, 0.1) is 12.7 Å². The first-order valence-corrected chi connectivity index (χ1v) is 5.17. The summed E-state index contributed by atoms with van der Waals surface area (Å²) in [5, 5.41) is 9.38. The number of aromatic hydroxyl groups is 1. The highest BCUT2D eigenvalue weighted by molar-refractivity contribution is 5.82. The molecule has 2 nitrogen and oxygen atoms in total. The van der Waals surface area contributed by atoms with E-state index in [1.165, 1.54) is 12.1 Å². The molecule has 0 heterocycles. The second-order valence-corrected chi connectivity index (χ2v) is 3.83. The first-order chi connectivity index (χ1) is 8.13. The molecule has 86 valence electrons. The number of halogens is 1. The van der Waals surface area contributed by atoms with Gasteiger partial charge in [0.2, 0.25) is 0 Å². The van der Waals surface area contributed by atoms with Gasteiger partial charge in [-0.3, -0.25) is 4.79 Å². The normalized spacial score (nSPS) is 10.2. The van der Waals surface area contributed by atoms with E-state index >= 15 is 0 Å². The molecule has 2 aromatic carbocycles. The van der Waals surface area contributed by atoms with Crippen molar-refractivity contribution in [1.29, 1.82) is 0 Å². The summed E-state index contributed by atoms with van der Waals surface area (Å²) in [6, 6.07) is 9.52. The second-order valence-electron chi connectivity index (χ2n) is 3.83. The van der Waals surface area contributed by atoms with E-state index in [1.807, 2.05) is 0 Å². The average Bonchev–Trinajstić information content (AvgIpc) is 2.34. The summed E-state index contributed by atoms with van der Waals surface area (Å²) in [7, 11) is 0. The van der Waals surface area contributed by atoms with E-state index in [0.717, 1.165) is 0 Å². The lowest BCUT2D eigenvalue weighted by Crippen LogP contribution is -1.90. The quantitative estimate of drug-likeness (QED) is 0.803. The minimum absolute atomic E-state index is 0.100. The summed E-state index contributed by atoms with van der Waals surface area (Å²) >= 11 is 0. The monoisotopic (exact) mass is 230 g/mol. The van der Waals surface area contributed by atoms with Crippen molar-refractivity contribution in [2.45, 2.75) is 6.92 Å². The van der Waals surface area contributed by atoms with Gasteiger partial charge in [0, 0.05) is 5.56 Å². The average molecular weight is 230 g/mol. The highest BCUT2D eigenvalue weighted by Crippen LogP contribution is 2.28. The summed E-state index contributed by atoms with van der Waals surface area (Å²) in [5.41, 5.74) is 1.70. The van der Waals surface area contributed by atoms with Crippen molar-refractivity contribution in [1.82, 2.24) is 0 Å². The van der Waals surface area contributed by atoms with Gasteiger partial charge in [-0.05, 0) is 30.2 Å². The molecule has 0 saturated carbocycles. The lowest BCUT2D eigenvalue weighted by atomic mass is 10.0. The maximum atomic E-state index is 13.9. The number of benzene rings is 2. The fourth-order valence-corrected chi connectivity index (χ4v) is 1.69. The van der Waals surface area contributed by atoms with Crippen molar-refractivity contribution < 1.29 is 14.3 Å². The Hall–Kier alpha value is -2.16. The topological polar surface area (TPSA) is 37.3 Å². The molecule has 0 aliphatic rings. The predicted molar refractivity (Wildman–Crippen MR) is 63.6 cm³/mol. The van der Waals surface area contributed by atoms with Crippen LogP contribution in [0.15, 0.2) is 36.4 Å². The third kappa shape index (κ3) is 2.04. The second kappa shape index (κ2) is 4.37. The number of hydrogen-bond acceptors (Lipinski definition) is 2. The molecule has 0 atom stereocenters. The summed E-state index contributed by atoms with van der Waals surface area (Å²) in [4.78, 5) is 10.7. The Morgan fingerprint density at radius 2 is 2.00 bits per heavy atom. The van der Waals surface area contributed by atoms with Gasteiger partial charge in [-0.1, -0.05) is 24.3 Å². The maximum Gasteiger partial charge on any atom is 0.153 e. The molecular formula is C14H11FO2. The Morgan fingerprint density at radius 1 is 1.24 bits per heavy atom. The van der Waals surface area contributed by atoms with Crippen LogP contribution in [-0.4, -0.2) is 11.4 Å². The third-order valence-electron chi connectivity index (χ3n) is 2.66. The molecule has 0 aliphatic heterocycles. The van der Waals surface area contributed by atoms with Crippen molar-refractivity contribution in [3.05, 3.63) is 53.3 Å². The van der Waals surface area contributed by atoms with Gasteiger partial charge in [-0.15, -0.1) is 0 Å². The first-order valence-electron chi connectivity index (χ1n) is 5.17. The third-order valence-corrected chi connectivity index (χ3v) is 2.66. The van der Waals surface area contributed by atoms with Crippen LogP contribution < -0.4 is 0 Å². The number of hydrogen-bond donors (Lipinski definition) is 1. The summed E-state index contributed by atoms with van der Waals surface area (Å²) in [5.74, 6) is -0.410. The number of carbonyl (C=O) groups excluding carboxylic acids is 1. The molecule has 3 heteroatoms. The number of phenols is 1. The molecule has 0 aliphatic carbocycles. The Kier molecular flexibility index (Phi) is 2.91. The van der Waals surface area contributed by atoms with Gasteiger partial charge in [0.1, 0.15) is 11.6 Å². The van der Waals surface area contributed by atoms with Gasteiger partial charge >= 0.3 is 0 Å². The van der Waals surface area contributed by atoms with E-state index in [2.05, 4.69) is 0 Å². The zero-order valence-corrected chi connectivity index (χ0v) is 9.27. The van der Waals surface area contributed by atoms with Crippen molar-refractivity contribution in [2.75, 3.05) is 0 Å².